The minimum atomic E-state index is -1.61. The highest BCUT2D eigenvalue weighted by Crippen LogP contribution is 2.42. The van der Waals surface area contributed by atoms with Gasteiger partial charge in [0.1, 0.15) is 0 Å². The molecule has 0 N–H and O–H groups in total. The van der Waals surface area contributed by atoms with E-state index in [1.165, 1.54) is 0 Å². The van der Waals surface area contributed by atoms with Crippen molar-refractivity contribution in [2.24, 2.45) is 0 Å². The van der Waals surface area contributed by atoms with E-state index in [0.717, 1.165) is 0 Å². The largest absolute Gasteiger partial charge is 0.206 e. The molecule has 1 atom stereocenters. The van der Waals surface area contributed by atoms with Crippen LogP contribution in [0, 0.1) is 0 Å². The van der Waals surface area contributed by atoms with E-state index in [2.05, 4.69) is 0 Å². The van der Waals surface area contributed by atoms with Crippen LogP contribution in [-0.4, -0.2) is 13.0 Å². The fourth-order valence-corrected chi connectivity index (χ4v) is 1.48. The van der Waals surface area contributed by atoms with E-state index in [1.54, 1.807) is 0 Å². The van der Waals surface area contributed by atoms with Gasteiger partial charge in [-0.25, -0.2) is 0 Å². The predicted octanol–water partition coefficient (Wildman–Crippen LogP) is 4.72. The van der Waals surface area contributed by atoms with E-state index < -0.39 is 13.0 Å². The highest BCUT2D eigenvalue weighted by atomic mass is 35.6. The first-order valence-corrected chi connectivity index (χ1v) is 5.11. The van der Waals surface area contributed by atoms with Crippen LogP contribution >= 0.6 is 81.2 Å². The molecule has 0 aromatic carbocycles. The Morgan fingerprint density at radius 2 is 1.27 bits per heavy atom. The van der Waals surface area contributed by atoms with Crippen LogP contribution in [0.15, 0.2) is 0 Å². The topological polar surface area (TPSA) is 0 Å². The highest BCUT2D eigenvalue weighted by molar-refractivity contribution is 6.71. The van der Waals surface area contributed by atoms with Crippen molar-refractivity contribution >= 4 is 81.2 Å². The fraction of sp³-hybridized carbons (Fsp3) is 1.00. The van der Waals surface area contributed by atoms with E-state index in [-0.39, 0.29) is 6.42 Å². The van der Waals surface area contributed by atoms with Crippen LogP contribution in [-0.2, 0) is 0 Å². The normalized spacial score (nSPS) is 16.6. The maximum atomic E-state index is 5.59. The average Bonchev–Trinajstić information content (AvgIpc) is 1.56. The second kappa shape index (κ2) is 4.50. The van der Waals surface area contributed by atoms with Crippen LogP contribution in [0.5, 0.6) is 0 Å². The van der Waals surface area contributed by atoms with Crippen molar-refractivity contribution in [3.05, 3.63) is 0 Å². The molecule has 0 saturated heterocycles. The van der Waals surface area contributed by atoms with Gasteiger partial charge in [-0.1, -0.05) is 69.6 Å². The fourth-order valence-electron chi connectivity index (χ4n) is 0.319. The molecule has 68 valence electrons. The molecule has 0 fully saturated rings. The van der Waals surface area contributed by atoms with Gasteiger partial charge >= 0.3 is 0 Å². The minimum absolute atomic E-state index is 0.0181. The molecule has 0 nitrogen and oxygen atoms in total. The Morgan fingerprint density at radius 1 is 0.909 bits per heavy atom. The summed E-state index contributed by atoms with van der Waals surface area (Å²) >= 11 is 38.0. The molecule has 0 radical (unpaired) electrons. The Kier molecular flexibility index (Phi) is 5.33. The van der Waals surface area contributed by atoms with Gasteiger partial charge in [-0.3, -0.25) is 0 Å². The van der Waals surface area contributed by atoms with Crippen LogP contribution < -0.4 is 0 Å². The molecule has 0 amide bonds. The van der Waals surface area contributed by atoms with Gasteiger partial charge in [0.05, 0.1) is 5.38 Å². The van der Waals surface area contributed by atoms with E-state index >= 15 is 0 Å². The minimum Gasteiger partial charge on any atom is -0.118 e. The summed E-state index contributed by atoms with van der Waals surface area (Å²) in [5, 5.41) is -0.819. The third-order valence-corrected chi connectivity index (χ3v) is 2.84. The standard InChI is InChI=1S/C4H3Cl7/c5-2(4(9,10)11)1-3(6,7)8/h2H,1H2. The van der Waals surface area contributed by atoms with E-state index in [4.69, 9.17) is 81.2 Å². The zero-order chi connectivity index (χ0) is 9.28. The summed E-state index contributed by atoms with van der Waals surface area (Å²) in [7, 11) is 0. The summed E-state index contributed by atoms with van der Waals surface area (Å²) in [6.45, 7) is 0. The third-order valence-electron chi connectivity index (χ3n) is 0.766. The number of hydrogen-bond donors (Lipinski definition) is 0. The molecule has 1 unspecified atom stereocenters. The average molecular weight is 299 g/mol. The van der Waals surface area contributed by atoms with Crippen molar-refractivity contribution in [3.63, 3.8) is 0 Å². The molecular weight excluding hydrogens is 296 g/mol. The molecule has 0 rings (SSSR count). The molecule has 0 saturated carbocycles. The van der Waals surface area contributed by atoms with Gasteiger partial charge in [0.15, 0.2) is 3.79 Å². The van der Waals surface area contributed by atoms with Gasteiger partial charge < -0.3 is 0 Å². The first kappa shape index (κ1) is 13.0. The molecule has 0 aromatic heterocycles. The smallest absolute Gasteiger partial charge is 0.118 e. The number of hydrogen-bond acceptors (Lipinski definition) is 0. The molecule has 0 aromatic rings. The van der Waals surface area contributed by atoms with Crippen molar-refractivity contribution in [3.8, 4) is 0 Å². The van der Waals surface area contributed by atoms with Gasteiger partial charge in [-0.15, -0.1) is 11.6 Å². The Bertz CT molecular complexity index is 119. The highest BCUT2D eigenvalue weighted by Gasteiger charge is 2.36. The Labute approximate surface area is 100.0 Å². The Hall–Kier alpha value is 2.03. The van der Waals surface area contributed by atoms with E-state index in [9.17, 15) is 0 Å². The lowest BCUT2D eigenvalue weighted by molar-refractivity contribution is 0.783. The molecule has 0 heterocycles. The Morgan fingerprint density at radius 3 is 1.36 bits per heavy atom. The van der Waals surface area contributed by atoms with Crippen LogP contribution in [0.4, 0.5) is 0 Å². The molecule has 11 heavy (non-hydrogen) atoms. The van der Waals surface area contributed by atoms with E-state index in [1.807, 2.05) is 0 Å². The predicted molar refractivity (Wildman–Crippen MR) is 54.8 cm³/mol. The van der Waals surface area contributed by atoms with Gasteiger partial charge in [0.2, 0.25) is 3.79 Å². The van der Waals surface area contributed by atoms with Gasteiger partial charge in [0, 0.05) is 6.42 Å². The van der Waals surface area contributed by atoms with E-state index in [0.29, 0.717) is 0 Å². The molecule has 0 spiro atoms. The maximum Gasteiger partial charge on any atom is 0.206 e. The third kappa shape index (κ3) is 7.13. The second-order valence-corrected chi connectivity index (χ2v) is 7.24. The van der Waals surface area contributed by atoms with Gasteiger partial charge in [-0.2, -0.15) is 0 Å². The number of alkyl halides is 7. The summed E-state index contributed by atoms with van der Waals surface area (Å²) in [4.78, 5) is 0. The summed E-state index contributed by atoms with van der Waals surface area (Å²) in [5.74, 6) is 0. The first-order chi connectivity index (χ1) is 4.63. The summed E-state index contributed by atoms with van der Waals surface area (Å²) < 4.78 is -3.10. The van der Waals surface area contributed by atoms with Gasteiger partial charge in [-0.05, 0) is 0 Å². The number of halogens is 7. The SMILES string of the molecule is ClC(CC(Cl)(Cl)Cl)C(Cl)(Cl)Cl. The summed E-state index contributed by atoms with van der Waals surface area (Å²) in [5.41, 5.74) is 0. The molecule has 0 aliphatic carbocycles. The number of rotatable bonds is 1. The molecule has 0 aliphatic rings. The lowest BCUT2D eigenvalue weighted by Gasteiger charge is -2.21. The lowest BCUT2D eigenvalue weighted by Crippen LogP contribution is -2.24. The zero-order valence-corrected chi connectivity index (χ0v) is 10.2. The molecular formula is C4H3Cl7. The van der Waals surface area contributed by atoms with Crippen LogP contribution in [0.1, 0.15) is 6.42 Å². The molecule has 0 aliphatic heterocycles. The quantitative estimate of drug-likeness (QED) is 0.614. The van der Waals surface area contributed by atoms with Crippen molar-refractivity contribution in [2.45, 2.75) is 19.4 Å². The van der Waals surface area contributed by atoms with Crippen molar-refractivity contribution in [2.75, 3.05) is 0 Å². The Balaban J connectivity index is 3.99. The monoisotopic (exact) mass is 296 g/mol. The van der Waals surface area contributed by atoms with Gasteiger partial charge in [0.25, 0.3) is 0 Å². The summed E-state index contributed by atoms with van der Waals surface area (Å²) in [6, 6.07) is 0. The van der Waals surface area contributed by atoms with Crippen LogP contribution in [0.3, 0.4) is 0 Å². The van der Waals surface area contributed by atoms with Crippen LogP contribution in [0.2, 0.25) is 0 Å². The van der Waals surface area contributed by atoms with Crippen molar-refractivity contribution < 1.29 is 0 Å². The molecule has 7 heteroatoms. The molecule has 0 bridgehead atoms. The zero-order valence-electron chi connectivity index (χ0n) is 4.93. The lowest BCUT2D eigenvalue weighted by atomic mass is 10.3. The first-order valence-electron chi connectivity index (χ1n) is 2.40. The second-order valence-electron chi connectivity index (χ2n) is 1.83. The summed E-state index contributed by atoms with van der Waals surface area (Å²) in [6.07, 6.45) is -0.0181. The van der Waals surface area contributed by atoms with Crippen molar-refractivity contribution in [1.82, 2.24) is 0 Å². The maximum absolute atomic E-state index is 5.59. The van der Waals surface area contributed by atoms with Crippen LogP contribution in [0.25, 0.3) is 0 Å². The van der Waals surface area contributed by atoms with Crippen molar-refractivity contribution in [1.29, 1.82) is 0 Å².